The highest BCUT2D eigenvalue weighted by Gasteiger charge is 2.32. The molecular weight excluding hydrogens is 265 g/mol. The lowest BCUT2D eigenvalue weighted by molar-refractivity contribution is -0.141. The summed E-state index contributed by atoms with van der Waals surface area (Å²) in [6.07, 6.45) is -5.48. The molecule has 1 heterocycles. The van der Waals surface area contributed by atoms with E-state index in [4.69, 9.17) is 0 Å². The molecule has 1 aromatic heterocycles. The summed E-state index contributed by atoms with van der Waals surface area (Å²) in [6.45, 7) is -0.0383. The number of pyridine rings is 1. The van der Waals surface area contributed by atoms with Crippen molar-refractivity contribution in [3.05, 3.63) is 29.6 Å². The molecule has 0 aromatic carbocycles. The summed E-state index contributed by atoms with van der Waals surface area (Å²) in [7, 11) is 1.16. The molecular formula is C11H11F3N2O3. The monoisotopic (exact) mass is 276 g/mol. The fourth-order valence-corrected chi connectivity index (χ4v) is 1.23. The summed E-state index contributed by atoms with van der Waals surface area (Å²) in [5, 5.41) is 2.25. The van der Waals surface area contributed by atoms with Crippen molar-refractivity contribution in [1.29, 1.82) is 0 Å². The van der Waals surface area contributed by atoms with Crippen LogP contribution < -0.4 is 5.32 Å². The molecule has 1 N–H and O–H groups in total. The summed E-state index contributed by atoms with van der Waals surface area (Å²) >= 11 is 0. The maximum atomic E-state index is 12.4. The number of alkyl carbamates (subject to hydrolysis) is 1. The van der Waals surface area contributed by atoms with Gasteiger partial charge < -0.3 is 10.1 Å². The number of halogens is 3. The molecule has 104 valence electrons. The fraction of sp³-hybridized carbons (Fsp3) is 0.364. The number of hydrogen-bond acceptors (Lipinski definition) is 4. The van der Waals surface area contributed by atoms with Gasteiger partial charge in [0, 0.05) is 13.0 Å². The lowest BCUT2D eigenvalue weighted by atomic mass is 10.2. The number of carbonyl (C=O) groups excluding carboxylic acids is 2. The van der Waals surface area contributed by atoms with Crippen LogP contribution in [0.2, 0.25) is 0 Å². The highest BCUT2D eigenvalue weighted by Crippen LogP contribution is 2.27. The fourth-order valence-electron chi connectivity index (χ4n) is 1.23. The zero-order chi connectivity index (χ0) is 14.5. The van der Waals surface area contributed by atoms with Gasteiger partial charge in [0.2, 0.25) is 0 Å². The molecule has 0 saturated carbocycles. The maximum Gasteiger partial charge on any atom is 0.433 e. The van der Waals surface area contributed by atoms with Gasteiger partial charge in [0.25, 0.3) is 0 Å². The lowest BCUT2D eigenvalue weighted by Gasteiger charge is -2.07. The van der Waals surface area contributed by atoms with Crippen LogP contribution in [0.25, 0.3) is 0 Å². The van der Waals surface area contributed by atoms with Crippen LogP contribution in [-0.2, 0) is 10.9 Å². The van der Waals surface area contributed by atoms with Crippen molar-refractivity contribution in [2.24, 2.45) is 0 Å². The molecule has 0 aliphatic rings. The van der Waals surface area contributed by atoms with Gasteiger partial charge in [-0.1, -0.05) is 6.07 Å². The SMILES string of the molecule is COC(=O)NCCC(=O)c1cccc(C(F)(F)F)n1. The third-order valence-electron chi connectivity index (χ3n) is 2.13. The van der Waals surface area contributed by atoms with Gasteiger partial charge in [-0.15, -0.1) is 0 Å². The van der Waals surface area contributed by atoms with Crippen molar-refractivity contribution < 1.29 is 27.5 Å². The molecule has 19 heavy (non-hydrogen) atoms. The third-order valence-corrected chi connectivity index (χ3v) is 2.13. The molecule has 0 spiro atoms. The van der Waals surface area contributed by atoms with E-state index in [9.17, 15) is 22.8 Å². The normalized spacial score (nSPS) is 10.9. The van der Waals surface area contributed by atoms with Crippen LogP contribution in [0.4, 0.5) is 18.0 Å². The Morgan fingerprint density at radius 1 is 1.37 bits per heavy atom. The van der Waals surface area contributed by atoms with Gasteiger partial charge >= 0.3 is 12.3 Å². The van der Waals surface area contributed by atoms with Gasteiger partial charge in [0.15, 0.2) is 5.78 Å². The van der Waals surface area contributed by atoms with Gasteiger partial charge in [0.1, 0.15) is 11.4 Å². The summed E-state index contributed by atoms with van der Waals surface area (Å²) in [4.78, 5) is 25.5. The summed E-state index contributed by atoms with van der Waals surface area (Å²) in [5.41, 5.74) is -1.42. The number of ketones is 1. The molecule has 8 heteroatoms. The first-order valence-corrected chi connectivity index (χ1v) is 5.24. The molecule has 1 aromatic rings. The quantitative estimate of drug-likeness (QED) is 0.854. The third kappa shape index (κ3) is 4.57. The second-order valence-corrected chi connectivity index (χ2v) is 3.50. The summed E-state index contributed by atoms with van der Waals surface area (Å²) in [5.74, 6) is -0.595. The predicted octanol–water partition coefficient (Wildman–Crippen LogP) is 2.03. The molecule has 0 unspecified atom stereocenters. The Labute approximate surface area is 106 Å². The number of aromatic nitrogens is 1. The van der Waals surface area contributed by atoms with Crippen molar-refractivity contribution in [2.45, 2.75) is 12.6 Å². The van der Waals surface area contributed by atoms with E-state index in [0.29, 0.717) is 0 Å². The number of amides is 1. The molecule has 0 saturated heterocycles. The molecule has 0 aliphatic heterocycles. The van der Waals surface area contributed by atoms with Crippen molar-refractivity contribution in [2.75, 3.05) is 13.7 Å². The van der Waals surface area contributed by atoms with E-state index >= 15 is 0 Å². The van der Waals surface area contributed by atoms with Gasteiger partial charge in [-0.05, 0) is 12.1 Å². The number of nitrogens with one attached hydrogen (secondary N) is 1. The van der Waals surface area contributed by atoms with E-state index < -0.39 is 23.7 Å². The van der Waals surface area contributed by atoms with E-state index in [2.05, 4.69) is 15.0 Å². The van der Waals surface area contributed by atoms with Crippen molar-refractivity contribution in [1.82, 2.24) is 10.3 Å². The van der Waals surface area contributed by atoms with Gasteiger partial charge in [0.05, 0.1) is 7.11 Å². The van der Waals surface area contributed by atoms with Crippen LogP contribution in [-0.4, -0.2) is 30.5 Å². The average Bonchev–Trinajstić information content (AvgIpc) is 2.37. The zero-order valence-corrected chi connectivity index (χ0v) is 9.95. The minimum Gasteiger partial charge on any atom is -0.453 e. The predicted molar refractivity (Wildman–Crippen MR) is 58.6 cm³/mol. The van der Waals surface area contributed by atoms with Crippen molar-refractivity contribution in [3.8, 4) is 0 Å². The second kappa shape index (κ2) is 6.17. The number of hydrogen-bond donors (Lipinski definition) is 1. The number of rotatable bonds is 4. The number of Topliss-reactive ketones (excluding diaryl/α,β-unsaturated/α-hetero) is 1. The highest BCUT2D eigenvalue weighted by molar-refractivity contribution is 5.94. The molecule has 0 bridgehead atoms. The van der Waals surface area contributed by atoms with Crippen LogP contribution in [0.1, 0.15) is 22.6 Å². The van der Waals surface area contributed by atoms with Crippen molar-refractivity contribution in [3.63, 3.8) is 0 Å². The molecule has 0 aliphatic carbocycles. The lowest BCUT2D eigenvalue weighted by Crippen LogP contribution is -2.26. The standard InChI is InChI=1S/C11H11F3N2O3/c1-19-10(18)15-6-5-8(17)7-3-2-4-9(16-7)11(12,13)14/h2-4H,5-6H2,1H3,(H,15,18). The van der Waals surface area contributed by atoms with Crippen LogP contribution in [0.5, 0.6) is 0 Å². The van der Waals surface area contributed by atoms with Crippen molar-refractivity contribution >= 4 is 11.9 Å². The minimum absolute atomic E-state index is 0.0383. The van der Waals surface area contributed by atoms with E-state index in [0.717, 1.165) is 19.2 Å². The topological polar surface area (TPSA) is 68.3 Å². The number of nitrogens with zero attached hydrogens (tertiary/aromatic N) is 1. The Balaban J connectivity index is 2.65. The molecule has 0 fully saturated rings. The van der Waals surface area contributed by atoms with E-state index in [1.54, 1.807) is 0 Å². The smallest absolute Gasteiger partial charge is 0.433 e. The molecule has 1 rings (SSSR count). The van der Waals surface area contributed by atoms with Gasteiger partial charge in [-0.2, -0.15) is 13.2 Å². The Hall–Kier alpha value is -2.12. The molecule has 0 atom stereocenters. The van der Waals surface area contributed by atoms with E-state index in [1.807, 2.05) is 0 Å². The van der Waals surface area contributed by atoms with Gasteiger partial charge in [-0.25, -0.2) is 9.78 Å². The number of alkyl halides is 3. The van der Waals surface area contributed by atoms with Crippen LogP contribution in [0.3, 0.4) is 0 Å². The molecule has 1 amide bonds. The first kappa shape index (κ1) is 14.9. The Morgan fingerprint density at radius 2 is 2.05 bits per heavy atom. The average molecular weight is 276 g/mol. The zero-order valence-electron chi connectivity index (χ0n) is 9.95. The largest absolute Gasteiger partial charge is 0.453 e. The van der Waals surface area contributed by atoms with Crippen LogP contribution in [0.15, 0.2) is 18.2 Å². The van der Waals surface area contributed by atoms with Gasteiger partial charge in [-0.3, -0.25) is 4.79 Å². The molecule has 5 nitrogen and oxygen atoms in total. The second-order valence-electron chi connectivity index (χ2n) is 3.50. The van der Waals surface area contributed by atoms with Crippen LogP contribution in [0, 0.1) is 0 Å². The van der Waals surface area contributed by atoms with E-state index in [-0.39, 0.29) is 18.7 Å². The number of carbonyl (C=O) groups is 2. The van der Waals surface area contributed by atoms with E-state index in [1.165, 1.54) is 6.07 Å². The number of ether oxygens (including phenoxy) is 1. The number of methoxy groups -OCH3 is 1. The maximum absolute atomic E-state index is 12.4. The Bertz CT molecular complexity index is 474. The summed E-state index contributed by atoms with van der Waals surface area (Å²) in [6, 6.07) is 3.08. The first-order valence-electron chi connectivity index (χ1n) is 5.24. The molecule has 0 radical (unpaired) electrons. The highest BCUT2D eigenvalue weighted by atomic mass is 19.4. The Kier molecular flexibility index (Phi) is 4.85. The minimum atomic E-state index is -4.60. The summed E-state index contributed by atoms with van der Waals surface area (Å²) < 4.78 is 41.4. The Morgan fingerprint density at radius 3 is 2.63 bits per heavy atom. The first-order chi connectivity index (χ1) is 8.84. The van der Waals surface area contributed by atoms with Crippen LogP contribution >= 0.6 is 0 Å².